The Morgan fingerprint density at radius 3 is 2.27 bits per heavy atom. The van der Waals surface area contributed by atoms with Crippen LogP contribution in [0.5, 0.6) is 11.5 Å². The van der Waals surface area contributed by atoms with E-state index in [1.54, 1.807) is 125 Å². The molecule has 2 aromatic rings. The minimum atomic E-state index is -1.33. The SMILES string of the molecule is CCN(C(=O)OC(C)(C)C)c1cc(/C=C/C[C@H](O)[C@H](OC(C)C)[C@H](OCc2ccc(OC)cc2)/C(F)=C\[C@@H](C)[C@H](C)O)c2c(c1)OC(C)(C)OC2=O. The molecule has 0 radical (unpaired) electrons. The second-order valence-corrected chi connectivity index (χ2v) is 14.6. The van der Waals surface area contributed by atoms with Crippen LogP contribution in [0.3, 0.4) is 0 Å². The third-order valence-electron chi connectivity index (χ3n) is 8.08. The highest BCUT2D eigenvalue weighted by atomic mass is 19.1. The van der Waals surface area contributed by atoms with Gasteiger partial charge in [0, 0.05) is 32.4 Å². The number of rotatable bonds is 16. The number of halogens is 1. The Hall–Kier alpha value is -3.97. The smallest absolute Gasteiger partial charge is 0.414 e. The lowest BCUT2D eigenvalue weighted by Crippen LogP contribution is -2.43. The molecule has 11 nitrogen and oxygen atoms in total. The molecule has 0 spiro atoms. The third-order valence-corrected chi connectivity index (χ3v) is 8.08. The van der Waals surface area contributed by atoms with Crippen LogP contribution in [0.1, 0.15) is 97.1 Å². The van der Waals surface area contributed by atoms with Crippen molar-refractivity contribution in [2.24, 2.45) is 5.92 Å². The largest absolute Gasteiger partial charge is 0.497 e. The van der Waals surface area contributed by atoms with Gasteiger partial charge in [-0.05, 0) is 90.3 Å². The molecule has 1 heterocycles. The molecule has 12 heteroatoms. The first-order chi connectivity index (χ1) is 24.2. The summed E-state index contributed by atoms with van der Waals surface area (Å²) in [6.45, 7) is 17.4. The van der Waals surface area contributed by atoms with E-state index in [0.717, 1.165) is 5.56 Å². The van der Waals surface area contributed by atoms with Crippen LogP contribution in [0, 0.1) is 5.92 Å². The van der Waals surface area contributed by atoms with Crippen LogP contribution in [0.25, 0.3) is 6.08 Å². The molecule has 0 fully saturated rings. The number of fused-ring (bicyclic) bond motifs is 1. The quantitative estimate of drug-likeness (QED) is 0.165. The lowest BCUT2D eigenvalue weighted by molar-refractivity contribution is -0.135. The van der Waals surface area contributed by atoms with Crippen molar-refractivity contribution in [1.29, 1.82) is 0 Å². The molecule has 5 atom stereocenters. The van der Waals surface area contributed by atoms with Crippen LogP contribution in [0.4, 0.5) is 14.9 Å². The number of anilines is 1. The van der Waals surface area contributed by atoms with Crippen LogP contribution in [0.2, 0.25) is 0 Å². The van der Waals surface area contributed by atoms with Gasteiger partial charge in [-0.1, -0.05) is 31.2 Å². The van der Waals surface area contributed by atoms with Crippen molar-refractivity contribution in [1.82, 2.24) is 0 Å². The van der Waals surface area contributed by atoms with E-state index in [-0.39, 0.29) is 30.9 Å². The maximum Gasteiger partial charge on any atom is 0.414 e. The number of ether oxygens (including phenoxy) is 6. The summed E-state index contributed by atoms with van der Waals surface area (Å²) in [5.74, 6) is -2.24. The summed E-state index contributed by atoms with van der Waals surface area (Å²) in [7, 11) is 1.56. The molecular formula is C40H56FNO10. The monoisotopic (exact) mass is 729 g/mol. The number of benzene rings is 2. The van der Waals surface area contributed by atoms with E-state index in [9.17, 15) is 19.8 Å². The standard InChI is InChI=1S/C40H56FNO10/c1-12-42(38(46)52-39(6,7)8)29-21-28(34-33(22-29)50-40(9,10)51-37(34)45)14-13-15-32(44)36(49-24(2)3)35(31(41)20-25(4)26(5)43)48-23-27-16-18-30(47-11)19-17-27/h13-14,16-22,24-26,32,35-36,43-44H,12,15,23H2,1-11H3/b14-13+,31-20+/t25-,26+,32+,35-,36+/m1/s1. The van der Waals surface area contributed by atoms with E-state index in [0.29, 0.717) is 17.0 Å². The van der Waals surface area contributed by atoms with Crippen molar-refractivity contribution in [2.45, 2.75) is 124 Å². The van der Waals surface area contributed by atoms with E-state index >= 15 is 4.39 Å². The van der Waals surface area contributed by atoms with Crippen LogP contribution >= 0.6 is 0 Å². The van der Waals surface area contributed by atoms with Gasteiger partial charge >= 0.3 is 12.1 Å². The molecule has 1 aliphatic heterocycles. The average Bonchev–Trinajstić information content (AvgIpc) is 3.02. The lowest BCUT2D eigenvalue weighted by atomic mass is 9.98. The summed E-state index contributed by atoms with van der Waals surface area (Å²) in [6.07, 6.45) is -1.13. The van der Waals surface area contributed by atoms with Crippen molar-refractivity contribution in [3.05, 3.63) is 71.1 Å². The van der Waals surface area contributed by atoms with Gasteiger partial charge in [-0.2, -0.15) is 0 Å². The van der Waals surface area contributed by atoms with Gasteiger partial charge in [0.05, 0.1) is 37.7 Å². The molecule has 0 bridgehead atoms. The fourth-order valence-corrected chi connectivity index (χ4v) is 5.37. The first-order valence-electron chi connectivity index (χ1n) is 17.7. The van der Waals surface area contributed by atoms with Gasteiger partial charge in [0.15, 0.2) is 0 Å². The van der Waals surface area contributed by atoms with E-state index in [2.05, 4.69) is 0 Å². The van der Waals surface area contributed by atoms with Gasteiger partial charge in [0.1, 0.15) is 40.7 Å². The predicted molar refractivity (Wildman–Crippen MR) is 197 cm³/mol. The predicted octanol–water partition coefficient (Wildman–Crippen LogP) is 7.76. The van der Waals surface area contributed by atoms with Gasteiger partial charge in [0.2, 0.25) is 5.79 Å². The topological polar surface area (TPSA) is 133 Å². The number of hydrogen-bond acceptors (Lipinski definition) is 10. The highest BCUT2D eigenvalue weighted by Gasteiger charge is 2.37. The van der Waals surface area contributed by atoms with E-state index in [4.69, 9.17) is 28.4 Å². The summed E-state index contributed by atoms with van der Waals surface area (Å²) in [6, 6.07) is 10.3. The summed E-state index contributed by atoms with van der Waals surface area (Å²) in [5, 5.41) is 21.7. The summed E-state index contributed by atoms with van der Waals surface area (Å²) < 4.78 is 50.7. The normalized spacial score (nSPS) is 17.4. The number of methoxy groups -OCH3 is 1. The van der Waals surface area contributed by atoms with Crippen LogP contribution in [-0.4, -0.2) is 77.8 Å². The van der Waals surface area contributed by atoms with E-state index in [1.165, 1.54) is 11.0 Å². The molecule has 2 N–H and O–H groups in total. The Labute approximate surface area is 307 Å². The van der Waals surface area contributed by atoms with Crippen molar-refractivity contribution in [3.8, 4) is 11.5 Å². The fourth-order valence-electron chi connectivity index (χ4n) is 5.37. The molecule has 52 heavy (non-hydrogen) atoms. The molecule has 0 aliphatic carbocycles. The Morgan fingerprint density at radius 2 is 1.71 bits per heavy atom. The lowest BCUT2D eigenvalue weighted by Gasteiger charge is -2.34. The zero-order valence-electron chi connectivity index (χ0n) is 32.3. The van der Waals surface area contributed by atoms with Crippen molar-refractivity contribution in [3.63, 3.8) is 0 Å². The molecule has 288 valence electrons. The van der Waals surface area contributed by atoms with E-state index < -0.39 is 65.7 Å². The molecule has 2 aromatic carbocycles. The fraction of sp³-hybridized carbons (Fsp3) is 0.550. The number of esters is 1. The molecule has 0 aromatic heterocycles. The molecule has 0 saturated heterocycles. The Morgan fingerprint density at radius 1 is 1.06 bits per heavy atom. The maximum atomic E-state index is 16.1. The number of aliphatic hydroxyl groups excluding tert-OH is 2. The number of hydrogen-bond donors (Lipinski definition) is 2. The average molecular weight is 730 g/mol. The van der Waals surface area contributed by atoms with Gasteiger partial charge in [-0.15, -0.1) is 0 Å². The van der Waals surface area contributed by atoms with Gasteiger partial charge in [-0.3, -0.25) is 4.90 Å². The molecule has 0 unspecified atom stereocenters. The molecular weight excluding hydrogens is 673 g/mol. The zero-order valence-corrected chi connectivity index (χ0v) is 32.3. The number of cyclic esters (lactones) is 1. The second-order valence-electron chi connectivity index (χ2n) is 14.6. The minimum absolute atomic E-state index is 0.00244. The molecule has 1 aliphatic rings. The Balaban J connectivity index is 2.00. The number of carbonyl (C=O) groups is 2. The summed E-state index contributed by atoms with van der Waals surface area (Å²) in [5.41, 5.74) is 0.940. The maximum absolute atomic E-state index is 16.1. The molecule has 1 amide bonds. The first kappa shape index (κ1) is 42.4. The first-order valence-corrected chi connectivity index (χ1v) is 17.7. The minimum Gasteiger partial charge on any atom is -0.497 e. The highest BCUT2D eigenvalue weighted by molar-refractivity contribution is 6.00. The number of nitrogens with zero attached hydrogens (tertiary/aromatic N) is 1. The van der Waals surface area contributed by atoms with Crippen LogP contribution < -0.4 is 14.4 Å². The van der Waals surface area contributed by atoms with Crippen LogP contribution in [-0.2, 0) is 25.6 Å². The van der Waals surface area contributed by atoms with Crippen molar-refractivity contribution in [2.75, 3.05) is 18.6 Å². The van der Waals surface area contributed by atoms with Crippen molar-refractivity contribution >= 4 is 23.8 Å². The molecule has 0 saturated carbocycles. The van der Waals surface area contributed by atoms with Gasteiger partial charge in [-0.25, -0.2) is 14.0 Å². The molecule has 3 rings (SSSR count). The van der Waals surface area contributed by atoms with Gasteiger partial charge in [0.25, 0.3) is 0 Å². The van der Waals surface area contributed by atoms with Gasteiger partial charge < -0.3 is 38.6 Å². The number of carbonyl (C=O) groups excluding carboxylic acids is 2. The Kier molecular flexibility index (Phi) is 14.8. The number of amides is 1. The Bertz CT molecular complexity index is 1560. The number of aliphatic hydroxyl groups is 2. The van der Waals surface area contributed by atoms with Crippen molar-refractivity contribution < 1.29 is 52.6 Å². The second kappa shape index (κ2) is 18.2. The third kappa shape index (κ3) is 12.0. The summed E-state index contributed by atoms with van der Waals surface area (Å²) >= 11 is 0. The zero-order chi connectivity index (χ0) is 39.0. The van der Waals surface area contributed by atoms with Crippen LogP contribution in [0.15, 0.2) is 54.4 Å². The summed E-state index contributed by atoms with van der Waals surface area (Å²) in [4.78, 5) is 27.8. The highest BCUT2D eigenvalue weighted by Crippen LogP contribution is 2.38. The van der Waals surface area contributed by atoms with E-state index in [1.807, 2.05) is 0 Å².